The Morgan fingerprint density at radius 1 is 1.36 bits per heavy atom. The highest BCUT2D eigenvalue weighted by Gasteiger charge is 2.01. The van der Waals surface area contributed by atoms with Crippen LogP contribution in [-0.4, -0.2) is 5.75 Å². The monoisotopic (exact) mass is 209 g/mol. The molecule has 14 heavy (non-hydrogen) atoms. The van der Waals surface area contributed by atoms with Gasteiger partial charge in [-0.15, -0.1) is 0 Å². The standard InChI is InChI=1S/C12H19NS/c1-3-10(2)8-14-9-11-6-4-5-7-12(11)13/h4-7,10H,3,8-9,13H2,1-2H3. The first kappa shape index (κ1) is 11.4. The molecule has 1 nitrogen and oxygen atoms in total. The van der Waals surface area contributed by atoms with Gasteiger partial charge in [-0.2, -0.15) is 11.8 Å². The Hall–Kier alpha value is -0.630. The molecule has 1 aromatic rings. The largest absolute Gasteiger partial charge is 0.398 e. The summed E-state index contributed by atoms with van der Waals surface area (Å²) in [6.45, 7) is 4.53. The first-order chi connectivity index (χ1) is 6.74. The zero-order valence-electron chi connectivity index (χ0n) is 8.99. The van der Waals surface area contributed by atoms with Gasteiger partial charge in [-0.3, -0.25) is 0 Å². The summed E-state index contributed by atoms with van der Waals surface area (Å²) in [7, 11) is 0. The third-order valence-corrected chi connectivity index (χ3v) is 3.73. The number of nitrogens with two attached hydrogens (primary N) is 1. The molecular formula is C12H19NS. The predicted octanol–water partition coefficient (Wildman–Crippen LogP) is 3.55. The molecule has 2 N–H and O–H groups in total. The van der Waals surface area contributed by atoms with Gasteiger partial charge in [0.05, 0.1) is 0 Å². The Morgan fingerprint density at radius 2 is 2.07 bits per heavy atom. The summed E-state index contributed by atoms with van der Waals surface area (Å²) >= 11 is 1.97. The third kappa shape index (κ3) is 3.62. The highest BCUT2D eigenvalue weighted by Crippen LogP contribution is 2.20. The summed E-state index contributed by atoms with van der Waals surface area (Å²) in [6, 6.07) is 8.12. The lowest BCUT2D eigenvalue weighted by Gasteiger charge is -2.08. The highest BCUT2D eigenvalue weighted by atomic mass is 32.2. The second kappa shape index (κ2) is 5.97. The molecule has 0 saturated heterocycles. The van der Waals surface area contributed by atoms with Gasteiger partial charge < -0.3 is 5.73 Å². The molecule has 0 fully saturated rings. The number of para-hydroxylation sites is 1. The van der Waals surface area contributed by atoms with E-state index in [1.54, 1.807) is 0 Å². The maximum Gasteiger partial charge on any atom is 0.0355 e. The lowest BCUT2D eigenvalue weighted by molar-refractivity contribution is 0.637. The fraction of sp³-hybridized carbons (Fsp3) is 0.500. The van der Waals surface area contributed by atoms with Gasteiger partial charge in [0.1, 0.15) is 0 Å². The minimum atomic E-state index is 0.810. The summed E-state index contributed by atoms with van der Waals surface area (Å²) in [6.07, 6.45) is 1.26. The van der Waals surface area contributed by atoms with Gasteiger partial charge in [0, 0.05) is 11.4 Å². The molecular weight excluding hydrogens is 190 g/mol. The van der Waals surface area contributed by atoms with E-state index in [0.717, 1.165) is 17.4 Å². The van der Waals surface area contributed by atoms with Crippen molar-refractivity contribution < 1.29 is 0 Å². The van der Waals surface area contributed by atoms with Crippen molar-refractivity contribution >= 4 is 17.4 Å². The van der Waals surface area contributed by atoms with Crippen LogP contribution < -0.4 is 5.73 Å². The maximum absolute atomic E-state index is 5.86. The molecule has 0 aliphatic heterocycles. The third-order valence-electron chi connectivity index (χ3n) is 2.41. The molecule has 0 saturated carbocycles. The molecule has 0 heterocycles. The van der Waals surface area contributed by atoms with Crippen LogP contribution in [0.25, 0.3) is 0 Å². The molecule has 0 amide bonds. The van der Waals surface area contributed by atoms with Crippen LogP contribution in [0, 0.1) is 5.92 Å². The van der Waals surface area contributed by atoms with E-state index >= 15 is 0 Å². The van der Waals surface area contributed by atoms with Crippen LogP contribution in [0.5, 0.6) is 0 Å². The Labute approximate surface area is 91.1 Å². The molecule has 78 valence electrons. The van der Waals surface area contributed by atoms with Gasteiger partial charge in [0.15, 0.2) is 0 Å². The van der Waals surface area contributed by atoms with E-state index in [0.29, 0.717) is 0 Å². The van der Waals surface area contributed by atoms with Gasteiger partial charge in [0.2, 0.25) is 0 Å². The van der Waals surface area contributed by atoms with Gasteiger partial charge in [-0.1, -0.05) is 38.5 Å². The lowest BCUT2D eigenvalue weighted by Crippen LogP contribution is -1.97. The van der Waals surface area contributed by atoms with E-state index in [1.807, 2.05) is 23.9 Å². The molecule has 0 aliphatic carbocycles. The van der Waals surface area contributed by atoms with Crippen molar-refractivity contribution in [3.63, 3.8) is 0 Å². The van der Waals surface area contributed by atoms with Crippen LogP contribution in [0.2, 0.25) is 0 Å². The van der Waals surface area contributed by atoms with E-state index < -0.39 is 0 Å². The van der Waals surface area contributed by atoms with E-state index in [2.05, 4.69) is 26.0 Å². The summed E-state index contributed by atoms with van der Waals surface area (Å²) < 4.78 is 0. The van der Waals surface area contributed by atoms with E-state index in [1.165, 1.54) is 17.7 Å². The molecule has 1 unspecified atom stereocenters. The smallest absolute Gasteiger partial charge is 0.0355 e. The van der Waals surface area contributed by atoms with E-state index in [9.17, 15) is 0 Å². The Morgan fingerprint density at radius 3 is 2.71 bits per heavy atom. The Balaban J connectivity index is 2.35. The van der Waals surface area contributed by atoms with Crippen molar-refractivity contribution in [3.8, 4) is 0 Å². The molecule has 0 bridgehead atoms. The molecule has 0 aromatic heterocycles. The molecule has 1 aromatic carbocycles. The van der Waals surface area contributed by atoms with Crippen LogP contribution >= 0.6 is 11.8 Å². The zero-order chi connectivity index (χ0) is 10.4. The number of rotatable bonds is 5. The fourth-order valence-corrected chi connectivity index (χ4v) is 2.39. The minimum absolute atomic E-state index is 0.810. The van der Waals surface area contributed by atoms with E-state index in [4.69, 9.17) is 5.73 Å². The maximum atomic E-state index is 5.86. The number of thioether (sulfide) groups is 1. The average molecular weight is 209 g/mol. The molecule has 2 heteroatoms. The van der Waals surface area contributed by atoms with E-state index in [-0.39, 0.29) is 0 Å². The molecule has 0 radical (unpaired) electrons. The van der Waals surface area contributed by atoms with Crippen molar-refractivity contribution in [3.05, 3.63) is 29.8 Å². The predicted molar refractivity (Wildman–Crippen MR) is 66.5 cm³/mol. The molecule has 0 spiro atoms. The summed E-state index contributed by atoms with van der Waals surface area (Å²) in [5.41, 5.74) is 8.04. The minimum Gasteiger partial charge on any atom is -0.398 e. The van der Waals surface area contributed by atoms with Crippen LogP contribution in [0.15, 0.2) is 24.3 Å². The second-order valence-electron chi connectivity index (χ2n) is 3.73. The Bertz CT molecular complexity index is 273. The lowest BCUT2D eigenvalue weighted by atomic mass is 10.2. The van der Waals surface area contributed by atoms with Crippen LogP contribution in [0.1, 0.15) is 25.8 Å². The summed E-state index contributed by atoms with van der Waals surface area (Å²) in [4.78, 5) is 0. The quantitative estimate of drug-likeness (QED) is 0.751. The van der Waals surface area contributed by atoms with Gasteiger partial charge in [-0.25, -0.2) is 0 Å². The average Bonchev–Trinajstić information content (AvgIpc) is 2.20. The summed E-state index contributed by atoms with van der Waals surface area (Å²) in [5.74, 6) is 3.08. The zero-order valence-corrected chi connectivity index (χ0v) is 9.81. The molecule has 1 rings (SSSR count). The first-order valence-corrected chi connectivity index (χ1v) is 6.30. The second-order valence-corrected chi connectivity index (χ2v) is 4.76. The fourth-order valence-electron chi connectivity index (χ4n) is 1.15. The van der Waals surface area contributed by atoms with Gasteiger partial charge in [0.25, 0.3) is 0 Å². The number of anilines is 1. The SMILES string of the molecule is CCC(C)CSCc1ccccc1N. The van der Waals surface area contributed by atoms with Crippen molar-refractivity contribution in [2.24, 2.45) is 5.92 Å². The van der Waals surface area contributed by atoms with Crippen LogP contribution in [-0.2, 0) is 5.75 Å². The van der Waals surface area contributed by atoms with Gasteiger partial charge >= 0.3 is 0 Å². The summed E-state index contributed by atoms with van der Waals surface area (Å²) in [5, 5.41) is 0. The molecule has 0 aliphatic rings. The van der Waals surface area contributed by atoms with Crippen molar-refractivity contribution in [1.29, 1.82) is 0 Å². The van der Waals surface area contributed by atoms with Crippen LogP contribution in [0.3, 0.4) is 0 Å². The molecule has 1 atom stereocenters. The van der Waals surface area contributed by atoms with Crippen molar-refractivity contribution in [2.45, 2.75) is 26.0 Å². The highest BCUT2D eigenvalue weighted by molar-refractivity contribution is 7.98. The normalized spacial score (nSPS) is 12.7. The van der Waals surface area contributed by atoms with Crippen LogP contribution in [0.4, 0.5) is 5.69 Å². The number of hydrogen-bond acceptors (Lipinski definition) is 2. The number of benzene rings is 1. The van der Waals surface area contributed by atoms with Crippen molar-refractivity contribution in [2.75, 3.05) is 11.5 Å². The van der Waals surface area contributed by atoms with Crippen molar-refractivity contribution in [1.82, 2.24) is 0 Å². The Kier molecular flexibility index (Phi) is 4.88. The topological polar surface area (TPSA) is 26.0 Å². The number of hydrogen-bond donors (Lipinski definition) is 1. The number of nitrogen functional groups attached to an aromatic ring is 1. The first-order valence-electron chi connectivity index (χ1n) is 5.15. The van der Waals surface area contributed by atoms with Gasteiger partial charge in [-0.05, 0) is 23.3 Å².